The van der Waals surface area contributed by atoms with Gasteiger partial charge in [0.15, 0.2) is 11.4 Å². The molecule has 0 spiro atoms. The fourth-order valence-electron chi connectivity index (χ4n) is 4.50. The van der Waals surface area contributed by atoms with Gasteiger partial charge in [0.05, 0.1) is 13.0 Å². The Kier molecular flexibility index (Phi) is 7.71. The maximum absolute atomic E-state index is 12.7. The van der Waals surface area contributed by atoms with E-state index in [1.807, 2.05) is 0 Å². The molecule has 5 nitrogen and oxygen atoms in total. The zero-order valence-electron chi connectivity index (χ0n) is 22.8. The highest BCUT2D eigenvalue weighted by Crippen LogP contribution is 2.42. The molecule has 0 aromatic heterocycles. The summed E-state index contributed by atoms with van der Waals surface area (Å²) in [4.78, 5) is 12.7. The summed E-state index contributed by atoms with van der Waals surface area (Å²) in [5, 5.41) is 11.3. The summed E-state index contributed by atoms with van der Waals surface area (Å²) >= 11 is 0. The van der Waals surface area contributed by atoms with Crippen molar-refractivity contribution in [3.8, 4) is 11.5 Å². The second-order valence-corrected chi connectivity index (χ2v) is 16.3. The number of hydrogen-bond donors (Lipinski definition) is 1. The molecule has 0 saturated carbocycles. The van der Waals surface area contributed by atoms with Gasteiger partial charge in [-0.2, -0.15) is 0 Å². The monoisotopic (exact) mass is 442 g/mol. The Hall–Kier alpha value is -0.873. The average Bonchev–Trinajstić information content (AvgIpc) is 2.58. The molecule has 0 radical (unpaired) electrons. The molecule has 1 rings (SSSR count). The van der Waals surface area contributed by atoms with Crippen molar-refractivity contribution in [2.45, 2.75) is 129 Å². The lowest BCUT2D eigenvalue weighted by Gasteiger charge is -2.45. The van der Waals surface area contributed by atoms with Gasteiger partial charge in [-0.05, 0) is 51.2 Å². The molecule has 0 aliphatic carbocycles. The van der Waals surface area contributed by atoms with Crippen LogP contribution in [0.5, 0.6) is 0 Å². The normalized spacial score (nSPS) is 24.8. The van der Waals surface area contributed by atoms with Gasteiger partial charge in [-0.1, -0.05) is 47.5 Å². The van der Waals surface area contributed by atoms with E-state index in [-0.39, 0.29) is 13.0 Å². The van der Waals surface area contributed by atoms with Crippen LogP contribution in [-0.2, 0) is 19.0 Å². The number of carbonyl (C=O) groups excluding carboxylic acids is 1. The minimum Gasteiger partial charge on any atom is -0.460 e. The molecule has 0 aromatic carbocycles. The summed E-state index contributed by atoms with van der Waals surface area (Å²) in [6.07, 6.45) is -4.42. The summed E-state index contributed by atoms with van der Waals surface area (Å²) in [6, 6.07) is 0. The van der Waals surface area contributed by atoms with Gasteiger partial charge in [-0.25, -0.2) is 0 Å². The molecule has 6 heteroatoms. The third kappa shape index (κ3) is 6.56. The first-order valence-corrected chi connectivity index (χ1v) is 13.3. The average molecular weight is 443 g/mol. The number of aliphatic hydroxyl groups is 1. The van der Waals surface area contributed by atoms with Crippen LogP contribution in [-0.4, -0.2) is 48.8 Å². The Morgan fingerprint density at radius 1 is 1.17 bits per heavy atom. The lowest BCUT2D eigenvalue weighted by atomic mass is 9.90. The second kappa shape index (κ2) is 9.73. The van der Waals surface area contributed by atoms with Crippen LogP contribution in [0.3, 0.4) is 0 Å². The minimum absolute atomic E-state index is 0.145. The molecule has 0 aromatic rings. The van der Waals surface area contributed by atoms with Crippen LogP contribution < -0.4 is 0 Å². The first-order chi connectivity index (χ1) is 14.2. The largest absolute Gasteiger partial charge is 0.460 e. The predicted octanol–water partition coefficient (Wildman–Crippen LogP) is 5.21. The van der Waals surface area contributed by atoms with Crippen LogP contribution in [0.1, 0.15) is 91.7 Å². The second-order valence-electron chi connectivity index (χ2n) is 10.7. The van der Waals surface area contributed by atoms with E-state index in [2.05, 4.69) is 53.0 Å². The van der Waals surface area contributed by atoms with E-state index < -0.39 is 43.5 Å². The maximum atomic E-state index is 12.7. The molecule has 1 saturated heterocycles. The van der Waals surface area contributed by atoms with Gasteiger partial charge in [-0.15, -0.1) is 5.54 Å². The van der Waals surface area contributed by atoms with Crippen LogP contribution in [0.2, 0.25) is 16.6 Å². The SMILES string of the molecule is [2H]C([2H])(C(=O)OC(C)(C)C)[C@H](O)[C@]1(C#C[Si](C(C)C)(C(C)C)C(C)C)CCOC(C)(C)O1. The smallest absolute Gasteiger partial charge is 0.309 e. The number of ether oxygens (including phenoxy) is 3. The Labute approximate surface area is 188 Å². The molecule has 1 aliphatic heterocycles. The van der Waals surface area contributed by atoms with E-state index in [4.69, 9.17) is 17.0 Å². The van der Waals surface area contributed by atoms with Crippen LogP contribution in [0.4, 0.5) is 0 Å². The van der Waals surface area contributed by atoms with E-state index >= 15 is 0 Å². The number of carbonyl (C=O) groups is 1. The number of hydrogen-bond acceptors (Lipinski definition) is 5. The Morgan fingerprint density at radius 2 is 1.67 bits per heavy atom. The number of rotatable bonds is 6. The predicted molar refractivity (Wildman–Crippen MR) is 124 cm³/mol. The van der Waals surface area contributed by atoms with Crippen LogP contribution in [0.15, 0.2) is 0 Å². The van der Waals surface area contributed by atoms with E-state index in [0.717, 1.165) is 0 Å². The fraction of sp³-hybridized carbons (Fsp3) is 0.875. The molecule has 1 fully saturated rings. The number of esters is 1. The van der Waals surface area contributed by atoms with E-state index in [0.29, 0.717) is 16.6 Å². The molecule has 1 heterocycles. The minimum atomic E-state index is -2.72. The fourth-order valence-corrected chi connectivity index (χ4v) is 9.79. The highest BCUT2D eigenvalue weighted by Gasteiger charge is 2.48. The lowest BCUT2D eigenvalue weighted by Crippen LogP contribution is -2.56. The third-order valence-corrected chi connectivity index (χ3v) is 12.1. The van der Waals surface area contributed by atoms with Crippen molar-refractivity contribution in [3.05, 3.63) is 0 Å². The summed E-state index contributed by atoms with van der Waals surface area (Å²) in [5.74, 6) is 0.991. The van der Waals surface area contributed by atoms with Crippen molar-refractivity contribution >= 4 is 14.0 Å². The molecule has 1 aliphatic rings. The quantitative estimate of drug-likeness (QED) is 0.347. The summed E-state index contributed by atoms with van der Waals surface area (Å²) in [7, 11) is -2.21. The van der Waals surface area contributed by atoms with E-state index in [9.17, 15) is 9.90 Å². The topological polar surface area (TPSA) is 65.0 Å². The molecule has 0 amide bonds. The first-order valence-electron chi connectivity index (χ1n) is 12.0. The molecule has 30 heavy (non-hydrogen) atoms. The van der Waals surface area contributed by atoms with Gasteiger partial charge in [-0.3, -0.25) is 4.79 Å². The van der Waals surface area contributed by atoms with Crippen LogP contribution in [0.25, 0.3) is 0 Å². The molecule has 0 unspecified atom stereocenters. The molecular weight excluding hydrogens is 396 g/mol. The first kappa shape index (κ1) is 23.8. The maximum Gasteiger partial charge on any atom is 0.309 e. The van der Waals surface area contributed by atoms with Gasteiger partial charge in [0.25, 0.3) is 0 Å². The Bertz CT molecular complexity index is 709. The van der Waals surface area contributed by atoms with Crippen molar-refractivity contribution in [2.24, 2.45) is 0 Å². The zero-order chi connectivity index (χ0) is 25.3. The highest BCUT2D eigenvalue weighted by molar-refractivity contribution is 6.90. The van der Waals surface area contributed by atoms with Crippen LogP contribution in [0, 0.1) is 11.5 Å². The van der Waals surface area contributed by atoms with Gasteiger partial charge in [0.2, 0.25) is 0 Å². The van der Waals surface area contributed by atoms with Gasteiger partial charge < -0.3 is 19.3 Å². The van der Waals surface area contributed by atoms with E-state index in [1.54, 1.807) is 34.6 Å². The van der Waals surface area contributed by atoms with E-state index in [1.165, 1.54) is 0 Å². The van der Waals surface area contributed by atoms with Crippen molar-refractivity contribution in [3.63, 3.8) is 0 Å². The van der Waals surface area contributed by atoms with Gasteiger partial charge in [0.1, 0.15) is 19.8 Å². The van der Waals surface area contributed by atoms with Gasteiger partial charge in [0, 0.05) is 9.16 Å². The third-order valence-electron chi connectivity index (χ3n) is 5.80. The molecule has 1 N–H and O–H groups in total. The Balaban J connectivity index is 3.64. The molecular formula is C24H44O5Si. The number of aliphatic hydroxyl groups excluding tert-OH is 1. The van der Waals surface area contributed by atoms with Gasteiger partial charge >= 0.3 is 5.97 Å². The van der Waals surface area contributed by atoms with Crippen molar-refractivity contribution in [1.29, 1.82) is 0 Å². The van der Waals surface area contributed by atoms with Crippen molar-refractivity contribution < 1.29 is 26.9 Å². The van der Waals surface area contributed by atoms with Crippen molar-refractivity contribution in [2.75, 3.05) is 6.61 Å². The molecule has 0 bridgehead atoms. The zero-order valence-corrected chi connectivity index (χ0v) is 21.8. The summed E-state index contributed by atoms with van der Waals surface area (Å²) < 4.78 is 34.0. The highest BCUT2D eigenvalue weighted by atomic mass is 28.3. The Morgan fingerprint density at radius 3 is 2.07 bits per heavy atom. The molecule has 2 atom stereocenters. The molecule has 174 valence electrons. The van der Waals surface area contributed by atoms with Crippen molar-refractivity contribution in [1.82, 2.24) is 0 Å². The standard InChI is InChI=1S/C24H44O5Si/c1-17(2)30(18(3)4,19(5)6)15-13-24(12-14-27-23(10,11)29-24)20(25)16-21(26)28-22(7,8)9/h17-20,25H,12,14,16H2,1-11H3/t20-,24+/m0/s1/i16D2. The van der Waals surface area contributed by atoms with Crippen LogP contribution >= 0.6 is 0 Å². The summed E-state index contributed by atoms with van der Waals surface area (Å²) in [6.45, 7) is 21.7. The summed E-state index contributed by atoms with van der Waals surface area (Å²) in [5.41, 5.74) is 2.10. The lowest BCUT2D eigenvalue weighted by molar-refractivity contribution is -0.312.